The van der Waals surface area contributed by atoms with Gasteiger partial charge in [-0.2, -0.15) is 4.39 Å². The third-order valence-electron chi connectivity index (χ3n) is 2.01. The Morgan fingerprint density at radius 1 is 1.44 bits per heavy atom. The summed E-state index contributed by atoms with van der Waals surface area (Å²) < 4.78 is 13.8. The summed E-state index contributed by atoms with van der Waals surface area (Å²) in [5.74, 6) is -1.95. The number of hydrogen-bond acceptors (Lipinski definition) is 3. The molecule has 0 saturated heterocycles. The summed E-state index contributed by atoms with van der Waals surface area (Å²) in [6, 6.07) is 0. The van der Waals surface area contributed by atoms with Crippen LogP contribution in [0.25, 0.3) is 0 Å². The quantitative estimate of drug-likeness (QED) is 0.692. The molecule has 2 N–H and O–H groups in total. The molecule has 1 rings (SSSR count). The van der Waals surface area contributed by atoms with Crippen molar-refractivity contribution in [3.05, 3.63) is 32.9 Å². The van der Waals surface area contributed by atoms with Gasteiger partial charge < -0.3 is 5.11 Å². The van der Waals surface area contributed by atoms with Crippen molar-refractivity contribution in [1.82, 2.24) is 9.55 Å². The smallest absolute Gasteiger partial charge is 0.328 e. The first-order chi connectivity index (χ1) is 7.50. The average molecular weight is 230 g/mol. The van der Waals surface area contributed by atoms with Crippen molar-refractivity contribution in [2.75, 3.05) is 0 Å². The maximum atomic E-state index is 12.8. The van der Waals surface area contributed by atoms with Crippen LogP contribution in [0.2, 0.25) is 0 Å². The van der Waals surface area contributed by atoms with Crippen LogP contribution in [0, 0.1) is 5.82 Å². The van der Waals surface area contributed by atoms with Crippen LogP contribution < -0.4 is 11.2 Å². The van der Waals surface area contributed by atoms with E-state index >= 15 is 0 Å². The van der Waals surface area contributed by atoms with Crippen molar-refractivity contribution < 1.29 is 14.3 Å². The number of carbonyl (C=O) groups is 1. The number of aliphatic carboxylic acids is 1. The van der Waals surface area contributed by atoms with E-state index in [2.05, 4.69) is 0 Å². The summed E-state index contributed by atoms with van der Waals surface area (Å²) in [5, 5.41) is 8.37. The van der Waals surface area contributed by atoms with E-state index in [0.29, 0.717) is 12.8 Å². The van der Waals surface area contributed by atoms with Gasteiger partial charge in [-0.25, -0.2) is 4.79 Å². The van der Waals surface area contributed by atoms with E-state index in [-0.39, 0.29) is 13.0 Å². The molecular formula is C9H11FN2O4. The van der Waals surface area contributed by atoms with Crippen LogP contribution in [0.1, 0.15) is 19.3 Å². The first kappa shape index (κ1) is 12.2. The van der Waals surface area contributed by atoms with Crippen molar-refractivity contribution in [3.63, 3.8) is 0 Å². The maximum Gasteiger partial charge on any atom is 0.328 e. The molecule has 88 valence electrons. The summed E-state index contributed by atoms with van der Waals surface area (Å²) in [7, 11) is 0. The Bertz CT molecular complexity index is 491. The molecule has 0 atom stereocenters. The monoisotopic (exact) mass is 230 g/mol. The minimum absolute atomic E-state index is 0.000581. The highest BCUT2D eigenvalue weighted by Crippen LogP contribution is 1.97. The minimum atomic E-state index is -1.05. The van der Waals surface area contributed by atoms with Gasteiger partial charge in [-0.15, -0.1) is 0 Å². The van der Waals surface area contributed by atoms with Gasteiger partial charge in [0.15, 0.2) is 0 Å². The van der Waals surface area contributed by atoms with Gasteiger partial charge in [0, 0.05) is 13.0 Å². The number of hydrogen-bond donors (Lipinski definition) is 2. The molecular weight excluding hydrogens is 219 g/mol. The summed E-state index contributed by atoms with van der Waals surface area (Å²) >= 11 is 0. The number of rotatable bonds is 5. The second-order valence-corrected chi connectivity index (χ2v) is 3.28. The van der Waals surface area contributed by atoms with Gasteiger partial charge in [-0.3, -0.25) is 19.1 Å². The zero-order valence-corrected chi connectivity index (χ0v) is 8.40. The fourth-order valence-electron chi connectivity index (χ4n) is 1.21. The lowest BCUT2D eigenvalue weighted by Gasteiger charge is -2.03. The zero-order chi connectivity index (χ0) is 12.1. The van der Waals surface area contributed by atoms with Gasteiger partial charge in [0.2, 0.25) is 5.82 Å². The Hall–Kier alpha value is -1.92. The molecule has 7 heteroatoms. The molecule has 6 nitrogen and oxygen atoms in total. The Morgan fingerprint density at radius 3 is 2.75 bits per heavy atom. The number of aryl methyl sites for hydroxylation is 1. The molecule has 0 aliphatic rings. The summed E-state index contributed by atoms with van der Waals surface area (Å²) in [5.41, 5.74) is -1.74. The molecule has 1 aromatic heterocycles. The Labute approximate surface area is 89.3 Å². The first-order valence-electron chi connectivity index (χ1n) is 4.72. The highest BCUT2D eigenvalue weighted by Gasteiger charge is 2.03. The van der Waals surface area contributed by atoms with Crippen molar-refractivity contribution in [2.24, 2.45) is 0 Å². The second kappa shape index (κ2) is 5.24. The summed E-state index contributed by atoms with van der Waals surface area (Å²) in [6.45, 7) is 0.180. The number of nitrogens with zero attached hydrogens (tertiary/aromatic N) is 1. The lowest BCUT2D eigenvalue weighted by Crippen LogP contribution is -2.31. The molecule has 0 unspecified atom stereocenters. The highest BCUT2D eigenvalue weighted by molar-refractivity contribution is 5.66. The van der Waals surface area contributed by atoms with E-state index in [0.717, 1.165) is 10.8 Å². The molecule has 0 bridgehead atoms. The summed E-state index contributed by atoms with van der Waals surface area (Å²) in [4.78, 5) is 33.9. The van der Waals surface area contributed by atoms with Gasteiger partial charge >= 0.3 is 11.7 Å². The Balaban J connectivity index is 2.61. The fourth-order valence-corrected chi connectivity index (χ4v) is 1.21. The number of carboxylic acid groups (broad SMARTS) is 1. The molecule has 1 heterocycles. The number of unbranched alkanes of at least 4 members (excludes halogenated alkanes) is 1. The van der Waals surface area contributed by atoms with Crippen LogP contribution in [-0.4, -0.2) is 20.6 Å². The number of aromatic nitrogens is 2. The Morgan fingerprint density at radius 2 is 2.12 bits per heavy atom. The first-order valence-corrected chi connectivity index (χ1v) is 4.72. The number of aromatic amines is 1. The van der Waals surface area contributed by atoms with Gasteiger partial charge in [0.05, 0.1) is 6.20 Å². The number of nitrogens with one attached hydrogen (secondary N) is 1. The normalized spacial score (nSPS) is 10.3. The van der Waals surface area contributed by atoms with Crippen LogP contribution in [0.3, 0.4) is 0 Å². The van der Waals surface area contributed by atoms with E-state index in [9.17, 15) is 18.8 Å². The summed E-state index contributed by atoms with van der Waals surface area (Å²) in [6.07, 6.45) is 1.64. The van der Waals surface area contributed by atoms with Gasteiger partial charge in [0.1, 0.15) is 0 Å². The molecule has 0 fully saturated rings. The van der Waals surface area contributed by atoms with Crippen LogP contribution in [-0.2, 0) is 11.3 Å². The van der Waals surface area contributed by atoms with E-state index in [1.807, 2.05) is 4.98 Å². The highest BCUT2D eigenvalue weighted by atomic mass is 19.1. The van der Waals surface area contributed by atoms with Gasteiger partial charge in [0.25, 0.3) is 5.56 Å². The average Bonchev–Trinajstić information content (AvgIpc) is 2.19. The molecule has 0 spiro atoms. The van der Waals surface area contributed by atoms with E-state index in [1.165, 1.54) is 0 Å². The third-order valence-corrected chi connectivity index (χ3v) is 2.01. The van der Waals surface area contributed by atoms with Crippen LogP contribution in [0.5, 0.6) is 0 Å². The van der Waals surface area contributed by atoms with Crippen LogP contribution >= 0.6 is 0 Å². The lowest BCUT2D eigenvalue weighted by molar-refractivity contribution is -0.137. The van der Waals surface area contributed by atoms with Crippen molar-refractivity contribution in [1.29, 1.82) is 0 Å². The molecule has 16 heavy (non-hydrogen) atoms. The largest absolute Gasteiger partial charge is 0.481 e. The number of carboxylic acids is 1. The second-order valence-electron chi connectivity index (χ2n) is 3.28. The maximum absolute atomic E-state index is 12.8. The predicted molar refractivity (Wildman–Crippen MR) is 52.8 cm³/mol. The SMILES string of the molecule is O=C(O)CCCCn1cc(F)c(=O)[nH]c1=O. The molecule has 0 aliphatic carbocycles. The van der Waals surface area contributed by atoms with Crippen molar-refractivity contribution in [2.45, 2.75) is 25.8 Å². The molecule has 0 aliphatic heterocycles. The minimum Gasteiger partial charge on any atom is -0.481 e. The van der Waals surface area contributed by atoms with Gasteiger partial charge in [-0.05, 0) is 12.8 Å². The Kier molecular flexibility index (Phi) is 3.98. The standard InChI is InChI=1S/C9H11FN2O4/c10-6-5-12(9(16)11-8(6)15)4-2-1-3-7(13)14/h5H,1-4H2,(H,13,14)(H,11,15,16). The van der Waals surface area contributed by atoms with E-state index < -0.39 is 23.0 Å². The van der Waals surface area contributed by atoms with Crippen molar-refractivity contribution >= 4 is 5.97 Å². The number of halogens is 1. The van der Waals surface area contributed by atoms with E-state index in [4.69, 9.17) is 5.11 Å². The van der Waals surface area contributed by atoms with E-state index in [1.54, 1.807) is 0 Å². The molecule has 0 radical (unpaired) electrons. The lowest BCUT2D eigenvalue weighted by atomic mass is 10.2. The topological polar surface area (TPSA) is 92.2 Å². The molecule has 0 saturated carbocycles. The van der Waals surface area contributed by atoms with Gasteiger partial charge in [-0.1, -0.05) is 0 Å². The number of H-pyrrole nitrogens is 1. The zero-order valence-electron chi connectivity index (χ0n) is 8.40. The third kappa shape index (κ3) is 3.34. The molecule has 1 aromatic rings. The molecule has 0 aromatic carbocycles. The van der Waals surface area contributed by atoms with Crippen molar-refractivity contribution in [3.8, 4) is 0 Å². The van der Waals surface area contributed by atoms with Crippen LogP contribution in [0.15, 0.2) is 15.8 Å². The molecule has 0 amide bonds. The predicted octanol–water partition coefficient (Wildman–Crippen LogP) is -0.0694. The fraction of sp³-hybridized carbons (Fsp3) is 0.444. The van der Waals surface area contributed by atoms with Crippen LogP contribution in [0.4, 0.5) is 4.39 Å².